The van der Waals surface area contributed by atoms with E-state index in [4.69, 9.17) is 0 Å². The Kier molecular flexibility index (Phi) is 3.98. The lowest BCUT2D eigenvalue weighted by atomic mass is 10.7. The van der Waals surface area contributed by atoms with Crippen LogP contribution >= 0.6 is 0 Å². The minimum absolute atomic E-state index is 1.62. The maximum Gasteiger partial charge on any atom is 0.313 e. The highest BCUT2D eigenvalue weighted by molar-refractivity contribution is 5.45. The zero-order valence-corrected chi connectivity index (χ0v) is 4.14. The third-order valence-electron chi connectivity index (χ3n) is 0.351. The molecule has 1 nitrogen and oxygen atoms in total. The molecule has 0 aliphatic heterocycles. The Bertz CT molecular complexity index is 52.3. The highest BCUT2D eigenvalue weighted by Crippen LogP contribution is 1.59. The number of carbonyl (C=O) groups excluding carboxylic acids is 1. The minimum atomic E-state index is 1.62. The Balaban J connectivity index is 3.07. The SMILES string of the molecule is CC=C[O+]=CC. The molecule has 0 aliphatic rings. The van der Waals surface area contributed by atoms with Gasteiger partial charge in [-0.05, 0) is 6.92 Å². The molecule has 0 saturated heterocycles. The van der Waals surface area contributed by atoms with Crippen LogP contribution in [0, 0.1) is 0 Å². The standard InChI is InChI=1S/C5H9O/c1-3-5-6-4-2/h3-5H,1-2H3/q+1. The second-order valence-electron chi connectivity index (χ2n) is 0.841. The van der Waals surface area contributed by atoms with E-state index in [9.17, 15) is 0 Å². The van der Waals surface area contributed by atoms with E-state index in [-0.39, 0.29) is 0 Å². The van der Waals surface area contributed by atoms with Gasteiger partial charge in [-0.15, -0.1) is 0 Å². The Hall–Kier alpha value is -0.590. The van der Waals surface area contributed by atoms with E-state index < -0.39 is 0 Å². The first-order valence-corrected chi connectivity index (χ1v) is 1.96. The molecule has 0 fully saturated rings. The van der Waals surface area contributed by atoms with Gasteiger partial charge in [0.1, 0.15) is 0 Å². The molecule has 0 bridgehead atoms. The van der Waals surface area contributed by atoms with Crippen LogP contribution in [0.25, 0.3) is 0 Å². The normalized spacial score (nSPS) is 11.7. The summed E-state index contributed by atoms with van der Waals surface area (Å²) in [5, 5.41) is 0. The first-order chi connectivity index (χ1) is 2.91. The van der Waals surface area contributed by atoms with Crippen LogP contribution in [-0.2, 0) is 4.42 Å². The van der Waals surface area contributed by atoms with Crippen molar-refractivity contribution in [1.29, 1.82) is 0 Å². The van der Waals surface area contributed by atoms with Crippen LogP contribution < -0.4 is 0 Å². The van der Waals surface area contributed by atoms with Gasteiger partial charge in [0, 0.05) is 13.0 Å². The van der Waals surface area contributed by atoms with Crippen LogP contribution in [0.4, 0.5) is 0 Å². The molecule has 0 saturated carbocycles. The van der Waals surface area contributed by atoms with Crippen molar-refractivity contribution in [2.45, 2.75) is 13.8 Å². The molecular weight excluding hydrogens is 76.1 g/mol. The Labute approximate surface area is 38.0 Å². The fourth-order valence-electron chi connectivity index (χ4n) is 0.157. The van der Waals surface area contributed by atoms with Gasteiger partial charge in [-0.3, -0.25) is 0 Å². The predicted octanol–water partition coefficient (Wildman–Crippen LogP) is 1.27. The van der Waals surface area contributed by atoms with E-state index >= 15 is 0 Å². The van der Waals surface area contributed by atoms with Crippen molar-refractivity contribution in [3.8, 4) is 0 Å². The summed E-state index contributed by atoms with van der Waals surface area (Å²) < 4.78 is 4.68. The van der Waals surface area contributed by atoms with Crippen molar-refractivity contribution < 1.29 is 4.42 Å². The summed E-state index contributed by atoms with van der Waals surface area (Å²) in [7, 11) is 0. The van der Waals surface area contributed by atoms with Crippen LogP contribution in [0.1, 0.15) is 13.8 Å². The van der Waals surface area contributed by atoms with Crippen LogP contribution in [0.15, 0.2) is 12.3 Å². The molecule has 0 N–H and O–H groups in total. The van der Waals surface area contributed by atoms with Crippen LogP contribution in [0.5, 0.6) is 0 Å². The van der Waals surface area contributed by atoms with Crippen molar-refractivity contribution in [1.82, 2.24) is 0 Å². The third kappa shape index (κ3) is 3.41. The van der Waals surface area contributed by atoms with E-state index in [1.165, 1.54) is 0 Å². The largest absolute Gasteiger partial charge is 0.313 e. The van der Waals surface area contributed by atoms with Crippen molar-refractivity contribution >= 4 is 6.29 Å². The Morgan fingerprint density at radius 2 is 2.00 bits per heavy atom. The van der Waals surface area contributed by atoms with Gasteiger partial charge < -0.3 is 0 Å². The summed E-state index contributed by atoms with van der Waals surface area (Å²) in [6.07, 6.45) is 5.08. The monoisotopic (exact) mass is 85.1 g/mol. The lowest BCUT2D eigenvalue weighted by Crippen LogP contribution is -1.59. The molecule has 6 heavy (non-hydrogen) atoms. The first kappa shape index (κ1) is 5.41. The molecule has 0 aromatic heterocycles. The summed E-state index contributed by atoms with van der Waals surface area (Å²) in [5.74, 6) is 0. The van der Waals surface area contributed by atoms with Gasteiger partial charge in [-0.2, -0.15) is 0 Å². The molecule has 0 heterocycles. The molecule has 0 rings (SSSR count). The average Bonchev–Trinajstić information content (AvgIpc) is 1.61. The molecule has 0 radical (unpaired) electrons. The second-order valence-corrected chi connectivity index (χ2v) is 0.841. The summed E-state index contributed by atoms with van der Waals surface area (Å²) in [6.45, 7) is 3.74. The van der Waals surface area contributed by atoms with Gasteiger partial charge in [0.15, 0.2) is 0 Å². The molecule has 1 heteroatoms. The predicted molar refractivity (Wildman–Crippen MR) is 26.6 cm³/mol. The van der Waals surface area contributed by atoms with Gasteiger partial charge in [0.05, 0.1) is 0 Å². The minimum Gasteiger partial charge on any atom is -0.230 e. The average molecular weight is 85.1 g/mol. The van der Waals surface area contributed by atoms with Crippen molar-refractivity contribution in [2.24, 2.45) is 0 Å². The molecule has 0 atom stereocenters. The van der Waals surface area contributed by atoms with Gasteiger partial charge in [0.25, 0.3) is 6.29 Å². The van der Waals surface area contributed by atoms with Gasteiger partial charge in [-0.1, -0.05) is 0 Å². The van der Waals surface area contributed by atoms with Crippen molar-refractivity contribution in [3.05, 3.63) is 12.3 Å². The van der Waals surface area contributed by atoms with Crippen molar-refractivity contribution in [3.63, 3.8) is 0 Å². The highest BCUT2D eigenvalue weighted by atomic mass is 16.4. The van der Waals surface area contributed by atoms with E-state index in [2.05, 4.69) is 4.42 Å². The number of aldehydes is 1. The fraction of sp³-hybridized carbons (Fsp3) is 0.400. The van der Waals surface area contributed by atoms with Crippen molar-refractivity contribution in [2.75, 3.05) is 0 Å². The van der Waals surface area contributed by atoms with E-state index in [0.717, 1.165) is 0 Å². The molecule has 0 aromatic carbocycles. The number of hydrogen-bond acceptors (Lipinski definition) is 0. The quantitative estimate of drug-likeness (QED) is 0.258. The Morgan fingerprint density at radius 1 is 1.33 bits per heavy atom. The number of hydrogen-bond donors (Lipinski definition) is 0. The van der Waals surface area contributed by atoms with Crippen LogP contribution in [0.2, 0.25) is 0 Å². The Morgan fingerprint density at radius 3 is 2.17 bits per heavy atom. The van der Waals surface area contributed by atoms with Crippen LogP contribution in [-0.4, -0.2) is 6.29 Å². The molecular formula is C5H9O+. The molecule has 0 amide bonds. The van der Waals surface area contributed by atoms with Gasteiger partial charge >= 0.3 is 6.26 Å². The zero-order valence-electron chi connectivity index (χ0n) is 4.14. The molecule has 34 valence electrons. The molecule has 0 unspecified atom stereocenters. The highest BCUT2D eigenvalue weighted by Gasteiger charge is 1.64. The lowest BCUT2D eigenvalue weighted by molar-refractivity contribution is -0.367. The summed E-state index contributed by atoms with van der Waals surface area (Å²) in [6, 6.07) is 0. The number of rotatable bonds is 1. The molecule has 0 spiro atoms. The van der Waals surface area contributed by atoms with Gasteiger partial charge in [-0.25, -0.2) is 4.42 Å². The topological polar surface area (TPSA) is 11.3 Å². The number of allylic oxidation sites excluding steroid dienone is 1. The third-order valence-corrected chi connectivity index (χ3v) is 0.351. The summed E-state index contributed by atoms with van der Waals surface area (Å²) in [4.78, 5) is 0. The van der Waals surface area contributed by atoms with E-state index in [0.29, 0.717) is 0 Å². The second kappa shape index (κ2) is 4.41. The zero-order chi connectivity index (χ0) is 4.83. The summed E-state index contributed by atoms with van der Waals surface area (Å²) >= 11 is 0. The maximum atomic E-state index is 4.68. The maximum absolute atomic E-state index is 4.68. The van der Waals surface area contributed by atoms with Gasteiger partial charge in [0.2, 0.25) is 0 Å². The van der Waals surface area contributed by atoms with E-state index in [1.54, 1.807) is 12.5 Å². The molecule has 0 aromatic rings. The lowest BCUT2D eigenvalue weighted by Gasteiger charge is -1.50. The first-order valence-electron chi connectivity index (χ1n) is 1.96. The molecule has 0 aliphatic carbocycles. The smallest absolute Gasteiger partial charge is 0.230 e. The summed E-state index contributed by atoms with van der Waals surface area (Å²) in [5.41, 5.74) is 0. The van der Waals surface area contributed by atoms with E-state index in [1.807, 2.05) is 19.9 Å². The van der Waals surface area contributed by atoms with Crippen LogP contribution in [0.3, 0.4) is 0 Å². The fourth-order valence-corrected chi connectivity index (χ4v) is 0.157.